The van der Waals surface area contributed by atoms with E-state index in [0.29, 0.717) is 0 Å². The Morgan fingerprint density at radius 3 is 2.52 bits per heavy atom. The van der Waals surface area contributed by atoms with Crippen LogP contribution < -0.4 is 5.32 Å². The van der Waals surface area contributed by atoms with Crippen molar-refractivity contribution in [2.45, 2.75) is 18.2 Å². The third-order valence-electron chi connectivity index (χ3n) is 3.20. The minimum Gasteiger partial charge on any atom is -0.322 e. The number of anilines is 1. The minimum absolute atomic E-state index is 0.107. The van der Waals surface area contributed by atoms with Crippen molar-refractivity contribution < 1.29 is 4.79 Å². The highest BCUT2D eigenvalue weighted by molar-refractivity contribution is 7.98. The van der Waals surface area contributed by atoms with Crippen molar-refractivity contribution in [3.63, 3.8) is 0 Å². The maximum Gasteiger partial charge on any atom is 0.248 e. The van der Waals surface area contributed by atoms with E-state index in [1.165, 1.54) is 4.90 Å². The number of carbonyl (C=O) groups is 1. The summed E-state index contributed by atoms with van der Waals surface area (Å²) in [6.07, 6.45) is 6.34. The van der Waals surface area contributed by atoms with Gasteiger partial charge in [0.25, 0.3) is 0 Å². The van der Waals surface area contributed by atoms with Crippen molar-refractivity contribution in [2.24, 2.45) is 0 Å². The Labute approximate surface area is 130 Å². The van der Waals surface area contributed by atoms with E-state index in [1.54, 1.807) is 17.8 Å². The second kappa shape index (κ2) is 7.70. The Balaban J connectivity index is 2.02. The Morgan fingerprint density at radius 1 is 1.14 bits per heavy atom. The highest BCUT2D eigenvalue weighted by Crippen LogP contribution is 2.17. The van der Waals surface area contributed by atoms with Crippen LogP contribution in [0.2, 0.25) is 0 Å². The molecule has 3 heteroatoms. The molecule has 0 unspecified atom stereocenters. The van der Waals surface area contributed by atoms with Gasteiger partial charge in [0.15, 0.2) is 0 Å². The molecule has 0 heterocycles. The van der Waals surface area contributed by atoms with Crippen molar-refractivity contribution in [3.05, 3.63) is 65.7 Å². The highest BCUT2D eigenvalue weighted by atomic mass is 32.2. The first kappa shape index (κ1) is 15.4. The van der Waals surface area contributed by atoms with Crippen LogP contribution in [0, 0.1) is 0 Å². The van der Waals surface area contributed by atoms with Crippen molar-refractivity contribution in [1.29, 1.82) is 0 Å². The predicted octanol–water partition coefficient (Wildman–Crippen LogP) is 4.62. The molecule has 0 aliphatic carbocycles. The summed E-state index contributed by atoms with van der Waals surface area (Å²) in [6, 6.07) is 16.0. The quantitative estimate of drug-likeness (QED) is 0.644. The first-order chi connectivity index (χ1) is 10.2. The zero-order chi connectivity index (χ0) is 15.1. The number of hydrogen-bond donors (Lipinski definition) is 1. The smallest absolute Gasteiger partial charge is 0.248 e. The fourth-order valence-electron chi connectivity index (χ4n) is 2.01. The molecule has 0 saturated heterocycles. The van der Waals surface area contributed by atoms with Gasteiger partial charge >= 0.3 is 0 Å². The lowest BCUT2D eigenvalue weighted by molar-refractivity contribution is -0.111. The molecular formula is C18H19NOS. The molecule has 2 aromatic carbocycles. The van der Waals surface area contributed by atoms with Crippen LogP contribution in [0.25, 0.3) is 6.08 Å². The van der Waals surface area contributed by atoms with Gasteiger partial charge in [0.2, 0.25) is 5.91 Å². The van der Waals surface area contributed by atoms with Crippen molar-refractivity contribution in [3.8, 4) is 0 Å². The maximum absolute atomic E-state index is 12.0. The summed E-state index contributed by atoms with van der Waals surface area (Å²) < 4.78 is 0. The van der Waals surface area contributed by atoms with Crippen LogP contribution in [-0.4, -0.2) is 12.2 Å². The van der Waals surface area contributed by atoms with Crippen LogP contribution in [0.15, 0.2) is 59.5 Å². The molecule has 0 atom stereocenters. The van der Waals surface area contributed by atoms with E-state index in [-0.39, 0.29) is 5.91 Å². The van der Waals surface area contributed by atoms with Gasteiger partial charge in [-0.05, 0) is 48.1 Å². The van der Waals surface area contributed by atoms with Crippen LogP contribution >= 0.6 is 11.8 Å². The molecule has 0 aliphatic rings. The number of para-hydroxylation sites is 1. The summed E-state index contributed by atoms with van der Waals surface area (Å²) in [5.41, 5.74) is 3.04. The Kier molecular flexibility index (Phi) is 5.64. The lowest BCUT2D eigenvalue weighted by Crippen LogP contribution is -2.09. The van der Waals surface area contributed by atoms with E-state index in [9.17, 15) is 4.79 Å². The molecule has 0 fully saturated rings. The normalized spacial score (nSPS) is 10.8. The zero-order valence-corrected chi connectivity index (χ0v) is 13.1. The monoisotopic (exact) mass is 297 g/mol. The second-order valence-corrected chi connectivity index (χ2v) is 5.49. The summed E-state index contributed by atoms with van der Waals surface area (Å²) in [6.45, 7) is 2.08. The first-order valence-electron chi connectivity index (χ1n) is 6.94. The summed E-state index contributed by atoms with van der Waals surface area (Å²) in [4.78, 5) is 13.2. The number of amides is 1. The molecule has 2 aromatic rings. The summed E-state index contributed by atoms with van der Waals surface area (Å²) in [7, 11) is 0. The number of hydrogen-bond acceptors (Lipinski definition) is 2. The van der Waals surface area contributed by atoms with Crippen molar-refractivity contribution >= 4 is 29.4 Å². The van der Waals surface area contributed by atoms with Crippen LogP contribution in [-0.2, 0) is 11.2 Å². The van der Waals surface area contributed by atoms with Crippen molar-refractivity contribution in [2.75, 3.05) is 11.6 Å². The average molecular weight is 297 g/mol. The largest absolute Gasteiger partial charge is 0.322 e. The van der Waals surface area contributed by atoms with Gasteiger partial charge in [-0.3, -0.25) is 4.79 Å². The highest BCUT2D eigenvalue weighted by Gasteiger charge is 2.02. The first-order valence-corrected chi connectivity index (χ1v) is 8.16. The minimum atomic E-state index is -0.107. The molecule has 0 radical (unpaired) electrons. The molecule has 0 spiro atoms. The summed E-state index contributed by atoms with van der Waals surface area (Å²) in [5.74, 6) is -0.107. The molecule has 1 N–H and O–H groups in total. The zero-order valence-electron chi connectivity index (χ0n) is 12.3. The Morgan fingerprint density at radius 2 is 1.86 bits per heavy atom. The molecule has 1 amide bonds. The number of benzene rings is 2. The standard InChI is InChI=1S/C18H19NOS/c1-3-15-6-4-5-7-17(15)19-18(20)13-10-14-8-11-16(21-2)12-9-14/h4-13H,3H2,1-2H3,(H,19,20)/b13-10+. The van der Waals surface area contributed by atoms with E-state index in [1.807, 2.05) is 48.7 Å². The van der Waals surface area contributed by atoms with E-state index in [4.69, 9.17) is 0 Å². The second-order valence-electron chi connectivity index (χ2n) is 4.61. The molecular weight excluding hydrogens is 278 g/mol. The molecule has 2 rings (SSSR count). The molecule has 0 aliphatic heterocycles. The van der Waals surface area contributed by atoms with Crippen LogP contribution in [0.1, 0.15) is 18.1 Å². The summed E-state index contributed by atoms with van der Waals surface area (Å²) >= 11 is 1.70. The van der Waals surface area contributed by atoms with Gasteiger partial charge in [0.1, 0.15) is 0 Å². The fraction of sp³-hybridized carbons (Fsp3) is 0.167. The van der Waals surface area contributed by atoms with Crippen LogP contribution in [0.3, 0.4) is 0 Å². The molecule has 0 aromatic heterocycles. The van der Waals surface area contributed by atoms with Crippen LogP contribution in [0.4, 0.5) is 5.69 Å². The number of nitrogens with one attached hydrogen (secondary N) is 1. The number of rotatable bonds is 5. The molecule has 0 bridgehead atoms. The topological polar surface area (TPSA) is 29.1 Å². The SMILES string of the molecule is CCc1ccccc1NC(=O)/C=C/c1ccc(SC)cc1. The van der Waals surface area contributed by atoms with E-state index < -0.39 is 0 Å². The Hall–Kier alpha value is -2.00. The third kappa shape index (κ3) is 4.50. The van der Waals surface area contributed by atoms with Gasteiger partial charge in [0.05, 0.1) is 0 Å². The number of aryl methyl sites for hydroxylation is 1. The number of carbonyl (C=O) groups excluding carboxylic acids is 1. The predicted molar refractivity (Wildman–Crippen MR) is 91.7 cm³/mol. The third-order valence-corrected chi connectivity index (χ3v) is 3.94. The van der Waals surface area contributed by atoms with E-state index in [2.05, 4.69) is 24.4 Å². The average Bonchev–Trinajstić information content (AvgIpc) is 2.54. The van der Waals surface area contributed by atoms with E-state index >= 15 is 0 Å². The van der Waals surface area contributed by atoms with E-state index in [0.717, 1.165) is 23.2 Å². The van der Waals surface area contributed by atoms with Gasteiger partial charge < -0.3 is 5.32 Å². The molecule has 21 heavy (non-hydrogen) atoms. The lowest BCUT2D eigenvalue weighted by atomic mass is 10.1. The summed E-state index contributed by atoms with van der Waals surface area (Å²) in [5, 5.41) is 2.92. The van der Waals surface area contributed by atoms with Gasteiger partial charge in [-0.1, -0.05) is 37.3 Å². The van der Waals surface area contributed by atoms with Gasteiger partial charge in [-0.2, -0.15) is 0 Å². The van der Waals surface area contributed by atoms with Gasteiger partial charge in [-0.25, -0.2) is 0 Å². The van der Waals surface area contributed by atoms with Crippen LogP contribution in [0.5, 0.6) is 0 Å². The fourth-order valence-corrected chi connectivity index (χ4v) is 2.42. The Bertz CT molecular complexity index is 632. The molecule has 0 saturated carbocycles. The lowest BCUT2D eigenvalue weighted by Gasteiger charge is -2.07. The molecule has 108 valence electrons. The van der Waals surface area contributed by atoms with Gasteiger partial charge in [-0.15, -0.1) is 11.8 Å². The van der Waals surface area contributed by atoms with Crippen molar-refractivity contribution in [1.82, 2.24) is 0 Å². The number of thioether (sulfide) groups is 1. The van der Waals surface area contributed by atoms with Gasteiger partial charge in [0, 0.05) is 16.7 Å². The maximum atomic E-state index is 12.0. The molecule has 2 nitrogen and oxygen atoms in total.